The number of aryl methyl sites for hydroxylation is 1. The maximum absolute atomic E-state index is 13.3. The molecule has 3 nitrogen and oxygen atoms in total. The molecule has 0 bridgehead atoms. The van der Waals surface area contributed by atoms with Gasteiger partial charge >= 0.3 is 0 Å². The minimum absolute atomic E-state index is 0.0285. The molecule has 0 spiro atoms. The first-order chi connectivity index (χ1) is 8.20. The molecule has 0 radical (unpaired) electrons. The largest absolute Gasteiger partial charge is 0.298 e. The highest BCUT2D eigenvalue weighted by atomic mass is 32.1. The predicted molar refractivity (Wildman–Crippen MR) is 65.8 cm³/mol. The second-order valence-electron chi connectivity index (χ2n) is 3.42. The molecule has 0 aliphatic heterocycles. The van der Waals surface area contributed by atoms with Crippen LogP contribution >= 0.6 is 11.3 Å². The van der Waals surface area contributed by atoms with E-state index in [1.165, 1.54) is 23.5 Å². The third kappa shape index (κ3) is 2.68. The van der Waals surface area contributed by atoms with E-state index in [2.05, 4.69) is 10.3 Å². The molecule has 2 aromatic rings. The summed E-state index contributed by atoms with van der Waals surface area (Å²) in [4.78, 5) is 16.9. The highest BCUT2D eigenvalue weighted by Gasteiger charge is 2.12. The van der Waals surface area contributed by atoms with Crippen LogP contribution in [0, 0.1) is 5.82 Å². The van der Waals surface area contributed by atoms with E-state index in [0.29, 0.717) is 5.13 Å². The van der Waals surface area contributed by atoms with E-state index in [4.69, 9.17) is 0 Å². The molecule has 0 saturated carbocycles. The molecule has 1 aromatic carbocycles. The number of hydrogen-bond acceptors (Lipinski definition) is 3. The lowest BCUT2D eigenvalue weighted by Crippen LogP contribution is -2.13. The van der Waals surface area contributed by atoms with E-state index in [9.17, 15) is 9.18 Å². The highest BCUT2D eigenvalue weighted by molar-refractivity contribution is 7.15. The van der Waals surface area contributed by atoms with Gasteiger partial charge < -0.3 is 0 Å². The Labute approximate surface area is 102 Å². The zero-order chi connectivity index (χ0) is 12.3. The summed E-state index contributed by atoms with van der Waals surface area (Å²) >= 11 is 1.40. The van der Waals surface area contributed by atoms with Gasteiger partial charge in [-0.1, -0.05) is 19.1 Å². The van der Waals surface area contributed by atoms with E-state index < -0.39 is 11.7 Å². The van der Waals surface area contributed by atoms with Crippen molar-refractivity contribution in [3.63, 3.8) is 0 Å². The molecular weight excluding hydrogens is 239 g/mol. The van der Waals surface area contributed by atoms with E-state index in [-0.39, 0.29) is 5.56 Å². The highest BCUT2D eigenvalue weighted by Crippen LogP contribution is 2.19. The topological polar surface area (TPSA) is 42.0 Å². The average molecular weight is 250 g/mol. The quantitative estimate of drug-likeness (QED) is 0.909. The van der Waals surface area contributed by atoms with Crippen molar-refractivity contribution >= 4 is 22.4 Å². The minimum atomic E-state index is -0.530. The van der Waals surface area contributed by atoms with Crippen molar-refractivity contribution in [3.05, 3.63) is 46.7 Å². The minimum Gasteiger partial charge on any atom is -0.298 e. The van der Waals surface area contributed by atoms with Crippen molar-refractivity contribution in [2.24, 2.45) is 0 Å². The van der Waals surface area contributed by atoms with Gasteiger partial charge in [0.15, 0.2) is 5.13 Å². The molecule has 1 amide bonds. The summed E-state index contributed by atoms with van der Waals surface area (Å²) in [7, 11) is 0. The van der Waals surface area contributed by atoms with Gasteiger partial charge in [0.2, 0.25) is 0 Å². The molecule has 2 rings (SSSR count). The number of nitrogens with one attached hydrogen (secondary N) is 1. The zero-order valence-electron chi connectivity index (χ0n) is 9.24. The monoisotopic (exact) mass is 250 g/mol. The van der Waals surface area contributed by atoms with Gasteiger partial charge in [0.25, 0.3) is 5.91 Å². The molecule has 17 heavy (non-hydrogen) atoms. The number of benzene rings is 1. The third-order valence-electron chi connectivity index (χ3n) is 2.24. The van der Waals surface area contributed by atoms with Gasteiger partial charge in [0.1, 0.15) is 5.82 Å². The smallest absolute Gasteiger partial charge is 0.260 e. The molecule has 1 N–H and O–H groups in total. The van der Waals surface area contributed by atoms with Crippen LogP contribution in [-0.4, -0.2) is 10.9 Å². The summed E-state index contributed by atoms with van der Waals surface area (Å²) in [6, 6.07) is 5.87. The van der Waals surface area contributed by atoms with E-state index in [0.717, 1.165) is 11.3 Å². The van der Waals surface area contributed by atoms with Crippen molar-refractivity contribution in [2.45, 2.75) is 13.3 Å². The fourth-order valence-corrected chi connectivity index (χ4v) is 2.09. The van der Waals surface area contributed by atoms with Crippen LogP contribution in [0.15, 0.2) is 30.5 Å². The molecule has 0 saturated heterocycles. The van der Waals surface area contributed by atoms with Gasteiger partial charge in [-0.05, 0) is 18.6 Å². The van der Waals surface area contributed by atoms with Crippen LogP contribution in [0.5, 0.6) is 0 Å². The van der Waals surface area contributed by atoms with Crippen LogP contribution in [-0.2, 0) is 6.42 Å². The molecule has 0 aliphatic carbocycles. The maximum atomic E-state index is 13.3. The van der Waals surface area contributed by atoms with Gasteiger partial charge in [-0.15, -0.1) is 11.3 Å². The Morgan fingerprint density at radius 3 is 2.88 bits per heavy atom. The van der Waals surface area contributed by atoms with Crippen molar-refractivity contribution < 1.29 is 9.18 Å². The van der Waals surface area contributed by atoms with Crippen LogP contribution in [0.25, 0.3) is 0 Å². The summed E-state index contributed by atoms with van der Waals surface area (Å²) in [5.41, 5.74) is 0.0285. The SMILES string of the molecule is CCc1cnc(NC(=O)c2ccccc2F)s1. The maximum Gasteiger partial charge on any atom is 0.260 e. The molecule has 0 unspecified atom stereocenters. The number of aromatic nitrogens is 1. The van der Waals surface area contributed by atoms with Gasteiger partial charge in [-0.2, -0.15) is 0 Å². The Balaban J connectivity index is 2.14. The fourth-order valence-electron chi connectivity index (χ4n) is 1.34. The lowest BCUT2D eigenvalue weighted by molar-refractivity contribution is 0.102. The summed E-state index contributed by atoms with van der Waals surface area (Å²) in [5, 5.41) is 3.08. The van der Waals surface area contributed by atoms with Crippen LogP contribution < -0.4 is 5.32 Å². The van der Waals surface area contributed by atoms with Gasteiger partial charge in [0, 0.05) is 11.1 Å². The van der Waals surface area contributed by atoms with E-state index in [1.807, 2.05) is 6.92 Å². The van der Waals surface area contributed by atoms with Crippen molar-refractivity contribution in [1.82, 2.24) is 4.98 Å². The first-order valence-corrected chi connectivity index (χ1v) is 6.03. The second kappa shape index (κ2) is 5.05. The summed E-state index contributed by atoms with van der Waals surface area (Å²) in [6.45, 7) is 2.01. The number of halogens is 1. The molecule has 88 valence electrons. The number of nitrogens with zero attached hydrogens (tertiary/aromatic N) is 1. The molecule has 1 heterocycles. The Morgan fingerprint density at radius 2 is 2.24 bits per heavy atom. The lowest BCUT2D eigenvalue weighted by Gasteiger charge is -2.02. The second-order valence-corrected chi connectivity index (χ2v) is 4.53. The van der Waals surface area contributed by atoms with Crippen molar-refractivity contribution in [2.75, 3.05) is 5.32 Å². The molecule has 0 fully saturated rings. The number of hydrogen-bond donors (Lipinski definition) is 1. The standard InChI is InChI=1S/C12H11FN2OS/c1-2-8-7-14-12(17-8)15-11(16)9-5-3-4-6-10(9)13/h3-7H,2H2,1H3,(H,14,15,16). The van der Waals surface area contributed by atoms with Crippen LogP contribution in [0.1, 0.15) is 22.2 Å². The average Bonchev–Trinajstić information content (AvgIpc) is 2.77. The third-order valence-corrected chi connectivity index (χ3v) is 3.30. The molecule has 0 atom stereocenters. The van der Waals surface area contributed by atoms with Crippen LogP contribution in [0.4, 0.5) is 9.52 Å². The van der Waals surface area contributed by atoms with Gasteiger partial charge in [-0.3, -0.25) is 10.1 Å². The number of carbonyl (C=O) groups excluding carboxylic acids is 1. The Bertz CT molecular complexity index is 539. The molecule has 1 aromatic heterocycles. The first-order valence-electron chi connectivity index (χ1n) is 5.21. The molecule has 0 aliphatic rings. The van der Waals surface area contributed by atoms with Gasteiger partial charge in [-0.25, -0.2) is 9.37 Å². The molecular formula is C12H11FN2OS. The van der Waals surface area contributed by atoms with Crippen molar-refractivity contribution in [1.29, 1.82) is 0 Å². The zero-order valence-corrected chi connectivity index (χ0v) is 10.1. The predicted octanol–water partition coefficient (Wildman–Crippen LogP) is 3.10. The van der Waals surface area contributed by atoms with Crippen molar-refractivity contribution in [3.8, 4) is 0 Å². The Hall–Kier alpha value is -1.75. The number of thiazole rings is 1. The van der Waals surface area contributed by atoms with Gasteiger partial charge in [0.05, 0.1) is 5.56 Å². The summed E-state index contributed by atoms with van der Waals surface area (Å²) in [5.74, 6) is -1.00. The fraction of sp³-hybridized carbons (Fsp3) is 0.167. The Kier molecular flexibility index (Phi) is 3.49. The number of anilines is 1. The summed E-state index contributed by atoms with van der Waals surface area (Å²) in [6.07, 6.45) is 2.58. The number of carbonyl (C=O) groups is 1. The van der Waals surface area contributed by atoms with Crippen LogP contribution in [0.3, 0.4) is 0 Å². The number of rotatable bonds is 3. The van der Waals surface area contributed by atoms with E-state index >= 15 is 0 Å². The van der Waals surface area contributed by atoms with Crippen LogP contribution in [0.2, 0.25) is 0 Å². The normalized spacial score (nSPS) is 10.2. The Morgan fingerprint density at radius 1 is 1.47 bits per heavy atom. The summed E-state index contributed by atoms with van der Waals surface area (Å²) < 4.78 is 13.3. The lowest BCUT2D eigenvalue weighted by atomic mass is 10.2. The first kappa shape index (κ1) is 11.7. The molecule has 5 heteroatoms. The van der Waals surface area contributed by atoms with E-state index in [1.54, 1.807) is 18.3 Å². The number of amides is 1.